The maximum atomic E-state index is 14.2. The SMILES string of the molecule is CN(C)c1cccc(COc2cccc(F)c2C2=NCCN2)c1. The minimum absolute atomic E-state index is 0.322. The van der Waals surface area contributed by atoms with Crippen LogP contribution in [0.1, 0.15) is 11.1 Å². The molecule has 4 nitrogen and oxygen atoms in total. The molecule has 0 saturated carbocycles. The van der Waals surface area contributed by atoms with Crippen molar-refractivity contribution in [3.63, 3.8) is 0 Å². The zero-order valence-corrected chi connectivity index (χ0v) is 13.3. The van der Waals surface area contributed by atoms with Gasteiger partial charge < -0.3 is 15.0 Å². The van der Waals surface area contributed by atoms with Crippen molar-refractivity contribution in [2.75, 3.05) is 32.1 Å². The Bertz CT molecular complexity index is 728. The molecule has 0 aliphatic carbocycles. The molecule has 120 valence electrons. The summed E-state index contributed by atoms with van der Waals surface area (Å²) in [7, 11) is 3.99. The molecule has 0 fully saturated rings. The van der Waals surface area contributed by atoms with Crippen molar-refractivity contribution in [1.82, 2.24) is 5.32 Å². The van der Waals surface area contributed by atoms with Crippen molar-refractivity contribution in [3.05, 3.63) is 59.4 Å². The third-order valence-corrected chi connectivity index (χ3v) is 3.71. The van der Waals surface area contributed by atoms with E-state index in [1.165, 1.54) is 6.07 Å². The molecule has 2 aromatic carbocycles. The van der Waals surface area contributed by atoms with Crippen LogP contribution in [-0.2, 0) is 6.61 Å². The van der Waals surface area contributed by atoms with Gasteiger partial charge in [0.15, 0.2) is 0 Å². The second-order valence-corrected chi connectivity index (χ2v) is 5.62. The first-order valence-corrected chi connectivity index (χ1v) is 7.61. The highest BCUT2D eigenvalue weighted by molar-refractivity contribution is 6.02. The van der Waals surface area contributed by atoms with Crippen LogP contribution in [0.15, 0.2) is 47.5 Å². The van der Waals surface area contributed by atoms with Gasteiger partial charge in [-0.05, 0) is 29.8 Å². The predicted octanol–water partition coefficient (Wildman–Crippen LogP) is 2.82. The van der Waals surface area contributed by atoms with E-state index < -0.39 is 0 Å². The lowest BCUT2D eigenvalue weighted by molar-refractivity contribution is 0.304. The zero-order chi connectivity index (χ0) is 16.2. The topological polar surface area (TPSA) is 36.9 Å². The number of nitrogens with one attached hydrogen (secondary N) is 1. The number of nitrogens with zero attached hydrogens (tertiary/aromatic N) is 2. The molecule has 0 radical (unpaired) electrons. The fourth-order valence-electron chi connectivity index (χ4n) is 2.51. The number of anilines is 1. The smallest absolute Gasteiger partial charge is 0.137 e. The average Bonchev–Trinajstić information content (AvgIpc) is 3.07. The number of benzene rings is 2. The van der Waals surface area contributed by atoms with Gasteiger partial charge in [0.2, 0.25) is 0 Å². The first-order valence-electron chi connectivity index (χ1n) is 7.61. The Morgan fingerprint density at radius 1 is 1.22 bits per heavy atom. The Morgan fingerprint density at radius 3 is 2.78 bits per heavy atom. The lowest BCUT2D eigenvalue weighted by atomic mass is 10.1. The third kappa shape index (κ3) is 3.44. The standard InChI is InChI=1S/C18H20FN3O/c1-22(2)14-6-3-5-13(11-14)12-23-16-8-4-7-15(19)17(16)18-20-9-10-21-18/h3-8,11H,9-10,12H2,1-2H3,(H,20,21). The first kappa shape index (κ1) is 15.3. The summed E-state index contributed by atoms with van der Waals surface area (Å²) in [4.78, 5) is 6.33. The predicted molar refractivity (Wildman–Crippen MR) is 90.9 cm³/mol. The number of amidine groups is 1. The van der Waals surface area contributed by atoms with E-state index in [0.717, 1.165) is 17.8 Å². The van der Waals surface area contributed by atoms with Crippen LogP contribution in [0.5, 0.6) is 5.75 Å². The highest BCUT2D eigenvalue weighted by Crippen LogP contribution is 2.24. The van der Waals surface area contributed by atoms with Gasteiger partial charge in [0.1, 0.15) is 24.0 Å². The zero-order valence-electron chi connectivity index (χ0n) is 13.3. The highest BCUT2D eigenvalue weighted by atomic mass is 19.1. The normalized spacial score (nSPS) is 13.4. The van der Waals surface area contributed by atoms with Crippen LogP contribution in [0.2, 0.25) is 0 Å². The molecule has 2 aromatic rings. The molecule has 0 bridgehead atoms. The van der Waals surface area contributed by atoms with Crippen molar-refractivity contribution in [1.29, 1.82) is 0 Å². The van der Waals surface area contributed by atoms with Crippen molar-refractivity contribution < 1.29 is 9.13 Å². The second-order valence-electron chi connectivity index (χ2n) is 5.62. The summed E-state index contributed by atoms with van der Waals surface area (Å²) < 4.78 is 20.1. The van der Waals surface area contributed by atoms with Gasteiger partial charge in [-0.3, -0.25) is 4.99 Å². The molecule has 1 N–H and O–H groups in total. The third-order valence-electron chi connectivity index (χ3n) is 3.71. The summed E-state index contributed by atoms with van der Waals surface area (Å²) >= 11 is 0. The molecule has 0 aromatic heterocycles. The molecule has 1 aliphatic heterocycles. The van der Waals surface area contributed by atoms with Gasteiger partial charge in [-0.15, -0.1) is 0 Å². The number of aliphatic imine (C=N–C) groups is 1. The van der Waals surface area contributed by atoms with E-state index in [-0.39, 0.29) is 5.82 Å². The molecule has 3 rings (SSSR count). The largest absolute Gasteiger partial charge is 0.488 e. The Kier molecular flexibility index (Phi) is 4.46. The molecule has 0 saturated heterocycles. The monoisotopic (exact) mass is 313 g/mol. The molecular weight excluding hydrogens is 293 g/mol. The van der Waals surface area contributed by atoms with Crippen molar-refractivity contribution in [3.8, 4) is 5.75 Å². The van der Waals surface area contributed by atoms with E-state index >= 15 is 0 Å². The Labute approximate surface area is 135 Å². The molecule has 0 spiro atoms. The van der Waals surface area contributed by atoms with E-state index in [2.05, 4.69) is 16.4 Å². The van der Waals surface area contributed by atoms with Crippen LogP contribution in [0.25, 0.3) is 0 Å². The number of ether oxygens (including phenoxy) is 1. The number of halogens is 1. The van der Waals surface area contributed by atoms with Gasteiger partial charge in [-0.2, -0.15) is 0 Å². The number of hydrogen-bond acceptors (Lipinski definition) is 4. The van der Waals surface area contributed by atoms with Crippen molar-refractivity contribution in [2.45, 2.75) is 6.61 Å². The average molecular weight is 313 g/mol. The van der Waals surface area contributed by atoms with Gasteiger partial charge in [-0.25, -0.2) is 4.39 Å². The Morgan fingerprint density at radius 2 is 2.04 bits per heavy atom. The van der Waals surface area contributed by atoms with E-state index in [9.17, 15) is 4.39 Å². The molecule has 1 heterocycles. The van der Waals surface area contributed by atoms with Crippen LogP contribution in [-0.4, -0.2) is 33.0 Å². The van der Waals surface area contributed by atoms with Crippen LogP contribution in [0.4, 0.5) is 10.1 Å². The summed E-state index contributed by atoms with van der Waals surface area (Å²) in [6.07, 6.45) is 0. The number of hydrogen-bond donors (Lipinski definition) is 1. The maximum Gasteiger partial charge on any atom is 0.137 e. The molecule has 5 heteroatoms. The van der Waals surface area contributed by atoms with Gasteiger partial charge in [0.25, 0.3) is 0 Å². The van der Waals surface area contributed by atoms with E-state index in [0.29, 0.717) is 30.3 Å². The summed E-state index contributed by atoms with van der Waals surface area (Å²) in [5.41, 5.74) is 2.55. The van der Waals surface area contributed by atoms with Crippen LogP contribution >= 0.6 is 0 Å². The summed E-state index contributed by atoms with van der Waals surface area (Å²) in [6.45, 7) is 1.77. The Balaban J connectivity index is 1.81. The fraction of sp³-hybridized carbons (Fsp3) is 0.278. The van der Waals surface area contributed by atoms with Crippen LogP contribution < -0.4 is 15.0 Å². The maximum absolute atomic E-state index is 14.2. The summed E-state index contributed by atoms with van der Waals surface area (Å²) in [5, 5.41) is 3.10. The Hall–Kier alpha value is -2.56. The van der Waals surface area contributed by atoms with Crippen LogP contribution in [0.3, 0.4) is 0 Å². The lowest BCUT2D eigenvalue weighted by Gasteiger charge is -2.15. The first-order chi connectivity index (χ1) is 11.1. The molecule has 1 aliphatic rings. The van der Waals surface area contributed by atoms with E-state index in [4.69, 9.17) is 4.74 Å². The van der Waals surface area contributed by atoms with Gasteiger partial charge in [-0.1, -0.05) is 18.2 Å². The van der Waals surface area contributed by atoms with Gasteiger partial charge in [0, 0.05) is 26.3 Å². The quantitative estimate of drug-likeness (QED) is 0.922. The van der Waals surface area contributed by atoms with Crippen molar-refractivity contribution in [2.24, 2.45) is 4.99 Å². The van der Waals surface area contributed by atoms with Crippen molar-refractivity contribution >= 4 is 11.5 Å². The molecular formula is C18H20FN3O. The molecule has 23 heavy (non-hydrogen) atoms. The molecule has 0 unspecified atom stereocenters. The van der Waals surface area contributed by atoms with E-state index in [1.54, 1.807) is 12.1 Å². The molecule has 0 atom stereocenters. The number of rotatable bonds is 5. The summed E-state index contributed by atoms with van der Waals surface area (Å²) in [6, 6.07) is 12.9. The summed E-state index contributed by atoms with van der Waals surface area (Å²) in [5.74, 6) is 0.756. The lowest BCUT2D eigenvalue weighted by Crippen LogP contribution is -2.21. The van der Waals surface area contributed by atoms with Gasteiger partial charge >= 0.3 is 0 Å². The second kappa shape index (κ2) is 6.69. The van der Waals surface area contributed by atoms with Gasteiger partial charge in [0.05, 0.1) is 12.1 Å². The molecule has 0 amide bonds. The van der Waals surface area contributed by atoms with E-state index in [1.807, 2.05) is 37.2 Å². The fourth-order valence-corrected chi connectivity index (χ4v) is 2.51. The minimum Gasteiger partial charge on any atom is -0.488 e. The highest BCUT2D eigenvalue weighted by Gasteiger charge is 2.18. The minimum atomic E-state index is -0.322. The van der Waals surface area contributed by atoms with Crippen LogP contribution in [0, 0.1) is 5.82 Å².